The van der Waals surface area contributed by atoms with Crippen molar-refractivity contribution in [2.75, 3.05) is 13.7 Å². The summed E-state index contributed by atoms with van der Waals surface area (Å²) >= 11 is 1.54. The third-order valence-electron chi connectivity index (χ3n) is 4.81. The van der Waals surface area contributed by atoms with Crippen LogP contribution in [0.1, 0.15) is 34.4 Å². The maximum absolute atomic E-state index is 12.7. The highest BCUT2D eigenvalue weighted by molar-refractivity contribution is 7.16. The van der Waals surface area contributed by atoms with Crippen LogP contribution < -0.4 is 5.32 Å². The molecule has 0 aliphatic rings. The number of aryl methyl sites for hydroxylation is 1. The number of oxazole rings is 1. The molecular formula is C23H23N3O3S. The van der Waals surface area contributed by atoms with Crippen molar-refractivity contribution in [3.63, 3.8) is 0 Å². The molecule has 0 saturated carbocycles. The predicted molar refractivity (Wildman–Crippen MR) is 118 cm³/mol. The van der Waals surface area contributed by atoms with Crippen molar-refractivity contribution < 1.29 is 13.9 Å². The molecule has 0 aliphatic heterocycles. The van der Waals surface area contributed by atoms with E-state index < -0.39 is 0 Å². The zero-order valence-corrected chi connectivity index (χ0v) is 18.0. The molecule has 0 radical (unpaired) electrons. The van der Waals surface area contributed by atoms with Gasteiger partial charge < -0.3 is 14.5 Å². The van der Waals surface area contributed by atoms with E-state index in [4.69, 9.17) is 9.15 Å². The number of ether oxygens (including phenoxy) is 1. The number of hydrogen-bond donors (Lipinski definition) is 1. The summed E-state index contributed by atoms with van der Waals surface area (Å²) in [5.41, 5.74) is 4.50. The molecule has 1 N–H and O–H groups in total. The van der Waals surface area contributed by atoms with E-state index in [-0.39, 0.29) is 11.9 Å². The van der Waals surface area contributed by atoms with E-state index >= 15 is 0 Å². The lowest BCUT2D eigenvalue weighted by molar-refractivity contribution is 0.0901. The van der Waals surface area contributed by atoms with Gasteiger partial charge in [-0.25, -0.2) is 9.97 Å². The first-order valence-electron chi connectivity index (χ1n) is 9.72. The summed E-state index contributed by atoms with van der Waals surface area (Å²) in [6.45, 7) is 4.19. The standard InChI is InChI=1S/C23H23N3O3S/c1-14(12-28-3)24-22(27)20-11-18(19-8-9-30-23(19)26-20)10-16-4-6-17(7-5-16)21-13-29-15(2)25-21/h4-9,11,13-14H,10,12H2,1-3H3,(H,24,27). The number of nitrogens with zero attached hydrogens (tertiary/aromatic N) is 2. The first-order chi connectivity index (χ1) is 14.5. The van der Waals surface area contributed by atoms with Gasteiger partial charge in [0.25, 0.3) is 5.91 Å². The van der Waals surface area contributed by atoms with Crippen LogP contribution in [0.4, 0.5) is 0 Å². The molecule has 1 amide bonds. The van der Waals surface area contributed by atoms with Crippen molar-refractivity contribution in [2.24, 2.45) is 0 Å². The number of pyridine rings is 1. The molecule has 0 spiro atoms. The largest absolute Gasteiger partial charge is 0.449 e. The molecule has 4 aromatic rings. The third kappa shape index (κ3) is 4.42. The molecule has 0 saturated heterocycles. The Morgan fingerprint density at radius 3 is 2.73 bits per heavy atom. The molecular weight excluding hydrogens is 398 g/mol. The van der Waals surface area contributed by atoms with Crippen LogP contribution in [0.25, 0.3) is 21.5 Å². The quantitative estimate of drug-likeness (QED) is 0.471. The molecule has 7 heteroatoms. The number of thiophene rings is 1. The second-order valence-electron chi connectivity index (χ2n) is 7.26. The van der Waals surface area contributed by atoms with Gasteiger partial charge in [0.1, 0.15) is 22.5 Å². The molecule has 0 bridgehead atoms. The average Bonchev–Trinajstić information content (AvgIpc) is 3.37. The number of benzene rings is 1. The number of carbonyl (C=O) groups excluding carboxylic acids is 1. The molecule has 4 rings (SSSR count). The number of methoxy groups -OCH3 is 1. The maximum Gasteiger partial charge on any atom is 0.270 e. The lowest BCUT2D eigenvalue weighted by atomic mass is 10.0. The minimum Gasteiger partial charge on any atom is -0.449 e. The van der Waals surface area contributed by atoms with Crippen molar-refractivity contribution in [2.45, 2.75) is 26.3 Å². The Labute approximate surface area is 178 Å². The monoisotopic (exact) mass is 421 g/mol. The highest BCUT2D eigenvalue weighted by atomic mass is 32.1. The Morgan fingerprint density at radius 2 is 2.03 bits per heavy atom. The second-order valence-corrected chi connectivity index (χ2v) is 8.16. The molecule has 154 valence electrons. The fraction of sp³-hybridized carbons (Fsp3) is 0.261. The van der Waals surface area contributed by atoms with E-state index in [1.807, 2.05) is 37.4 Å². The highest BCUT2D eigenvalue weighted by Gasteiger charge is 2.15. The summed E-state index contributed by atoms with van der Waals surface area (Å²) < 4.78 is 10.4. The smallest absolute Gasteiger partial charge is 0.270 e. The molecule has 3 aromatic heterocycles. The third-order valence-corrected chi connectivity index (χ3v) is 5.62. The van der Waals surface area contributed by atoms with Crippen LogP contribution in [-0.4, -0.2) is 35.6 Å². The lowest BCUT2D eigenvalue weighted by Gasteiger charge is -2.13. The number of nitrogens with one attached hydrogen (secondary N) is 1. The summed E-state index contributed by atoms with van der Waals surface area (Å²) in [5.74, 6) is 0.462. The number of aromatic nitrogens is 2. The molecule has 1 unspecified atom stereocenters. The maximum atomic E-state index is 12.7. The highest BCUT2D eigenvalue weighted by Crippen LogP contribution is 2.27. The predicted octanol–water partition coefficient (Wildman–Crippen LogP) is 4.62. The minimum atomic E-state index is -0.187. The van der Waals surface area contributed by atoms with Crippen molar-refractivity contribution in [1.29, 1.82) is 0 Å². The zero-order valence-electron chi connectivity index (χ0n) is 17.1. The number of hydrogen-bond acceptors (Lipinski definition) is 6. The second kappa shape index (κ2) is 8.77. The molecule has 30 heavy (non-hydrogen) atoms. The lowest BCUT2D eigenvalue weighted by Crippen LogP contribution is -2.36. The van der Waals surface area contributed by atoms with Gasteiger partial charge in [-0.3, -0.25) is 4.79 Å². The normalized spacial score (nSPS) is 12.2. The van der Waals surface area contributed by atoms with E-state index in [1.54, 1.807) is 24.7 Å². The Kier molecular flexibility index (Phi) is 5.92. The SMILES string of the molecule is COCC(C)NC(=O)c1cc(Cc2ccc(-c3coc(C)n3)cc2)c2ccsc2n1. The van der Waals surface area contributed by atoms with Crippen LogP contribution in [0.2, 0.25) is 0 Å². The van der Waals surface area contributed by atoms with Gasteiger partial charge in [-0.2, -0.15) is 0 Å². The van der Waals surface area contributed by atoms with Crippen molar-refractivity contribution in [3.05, 3.63) is 70.8 Å². The van der Waals surface area contributed by atoms with Crippen molar-refractivity contribution in [3.8, 4) is 11.3 Å². The Morgan fingerprint density at radius 1 is 1.23 bits per heavy atom. The van der Waals surface area contributed by atoms with Gasteiger partial charge in [-0.15, -0.1) is 11.3 Å². The van der Waals surface area contributed by atoms with E-state index in [0.29, 0.717) is 24.6 Å². The summed E-state index contributed by atoms with van der Waals surface area (Å²) in [6.07, 6.45) is 2.37. The van der Waals surface area contributed by atoms with Gasteiger partial charge in [0.05, 0.1) is 6.61 Å². The summed E-state index contributed by atoms with van der Waals surface area (Å²) in [5, 5.41) is 6.02. The van der Waals surface area contributed by atoms with Gasteiger partial charge >= 0.3 is 0 Å². The minimum absolute atomic E-state index is 0.0838. The summed E-state index contributed by atoms with van der Waals surface area (Å²) in [7, 11) is 1.62. The number of rotatable bonds is 7. The van der Waals surface area contributed by atoms with Crippen LogP contribution in [-0.2, 0) is 11.2 Å². The molecule has 0 fully saturated rings. The molecule has 1 atom stereocenters. The van der Waals surface area contributed by atoms with Gasteiger partial charge in [0.2, 0.25) is 0 Å². The van der Waals surface area contributed by atoms with Crippen LogP contribution in [0.15, 0.2) is 52.5 Å². The van der Waals surface area contributed by atoms with E-state index in [2.05, 4.69) is 33.5 Å². The first-order valence-corrected chi connectivity index (χ1v) is 10.6. The fourth-order valence-corrected chi connectivity index (χ4v) is 4.19. The Bertz CT molecular complexity index is 1160. The zero-order chi connectivity index (χ0) is 21.1. The van der Waals surface area contributed by atoms with Gasteiger partial charge in [0.15, 0.2) is 5.89 Å². The van der Waals surface area contributed by atoms with Crippen molar-refractivity contribution in [1.82, 2.24) is 15.3 Å². The number of amides is 1. The Balaban J connectivity index is 1.59. The van der Waals surface area contributed by atoms with Crippen LogP contribution in [0.3, 0.4) is 0 Å². The van der Waals surface area contributed by atoms with E-state index in [0.717, 1.165) is 32.6 Å². The van der Waals surface area contributed by atoms with Crippen LogP contribution in [0.5, 0.6) is 0 Å². The summed E-state index contributed by atoms with van der Waals surface area (Å²) in [6, 6.07) is 12.1. The van der Waals surface area contributed by atoms with E-state index in [1.165, 1.54) is 0 Å². The van der Waals surface area contributed by atoms with Gasteiger partial charge in [-0.1, -0.05) is 24.3 Å². The van der Waals surface area contributed by atoms with Crippen LogP contribution >= 0.6 is 11.3 Å². The average molecular weight is 422 g/mol. The first kappa shape index (κ1) is 20.3. The van der Waals surface area contributed by atoms with E-state index in [9.17, 15) is 4.79 Å². The Hall–Kier alpha value is -3.03. The topological polar surface area (TPSA) is 77.2 Å². The molecule has 3 heterocycles. The number of carbonyl (C=O) groups is 1. The van der Waals surface area contributed by atoms with Crippen molar-refractivity contribution >= 4 is 27.5 Å². The fourth-order valence-electron chi connectivity index (χ4n) is 3.38. The van der Waals surface area contributed by atoms with Crippen LogP contribution in [0, 0.1) is 6.92 Å². The molecule has 6 nitrogen and oxygen atoms in total. The summed E-state index contributed by atoms with van der Waals surface area (Å²) in [4.78, 5) is 22.5. The van der Waals surface area contributed by atoms with Gasteiger partial charge in [-0.05, 0) is 42.0 Å². The van der Waals surface area contributed by atoms with Gasteiger partial charge in [0, 0.05) is 31.0 Å². The number of fused-ring (bicyclic) bond motifs is 1. The molecule has 0 aliphatic carbocycles. The molecule has 1 aromatic carbocycles.